The number of carbonyl (C=O) groups excluding carboxylic acids is 1. The highest BCUT2D eigenvalue weighted by Crippen LogP contribution is 2.28. The molecule has 0 saturated carbocycles. The fraction of sp³-hybridized carbons (Fsp3) is 0.381. The van der Waals surface area contributed by atoms with E-state index in [-0.39, 0.29) is 5.78 Å². The number of piperazine rings is 1. The summed E-state index contributed by atoms with van der Waals surface area (Å²) in [6, 6.07) is 13.4. The molecule has 6 heteroatoms. The van der Waals surface area contributed by atoms with Gasteiger partial charge in [-0.3, -0.25) is 9.69 Å². The summed E-state index contributed by atoms with van der Waals surface area (Å²) in [5, 5.41) is 0. The first-order valence-electron chi connectivity index (χ1n) is 9.01. The van der Waals surface area contributed by atoms with Gasteiger partial charge >= 0.3 is 0 Å². The van der Waals surface area contributed by atoms with Gasteiger partial charge in [-0.25, -0.2) is 0 Å². The number of carbonyl (C=O) groups is 1. The minimum Gasteiger partial charge on any atom is -0.497 e. The second kappa shape index (κ2) is 8.77. The molecule has 1 aliphatic heterocycles. The predicted molar refractivity (Wildman–Crippen MR) is 106 cm³/mol. The van der Waals surface area contributed by atoms with Crippen LogP contribution in [0.1, 0.15) is 10.4 Å². The van der Waals surface area contributed by atoms with Crippen molar-refractivity contribution in [2.45, 2.75) is 0 Å². The first kappa shape index (κ1) is 19.0. The van der Waals surface area contributed by atoms with Crippen molar-refractivity contribution >= 4 is 11.5 Å². The summed E-state index contributed by atoms with van der Waals surface area (Å²) in [5.41, 5.74) is 1.83. The van der Waals surface area contributed by atoms with Crippen molar-refractivity contribution in [2.75, 3.05) is 59.0 Å². The van der Waals surface area contributed by atoms with Crippen molar-refractivity contribution in [2.24, 2.45) is 0 Å². The fourth-order valence-corrected chi connectivity index (χ4v) is 3.26. The zero-order chi connectivity index (χ0) is 19.2. The van der Waals surface area contributed by atoms with Crippen LogP contribution in [-0.2, 0) is 0 Å². The monoisotopic (exact) mass is 370 g/mol. The lowest BCUT2D eigenvalue weighted by Gasteiger charge is -2.35. The van der Waals surface area contributed by atoms with Gasteiger partial charge in [-0.2, -0.15) is 0 Å². The van der Waals surface area contributed by atoms with Crippen molar-refractivity contribution < 1.29 is 19.0 Å². The van der Waals surface area contributed by atoms with Crippen LogP contribution >= 0.6 is 0 Å². The molecule has 0 spiro atoms. The Hall–Kier alpha value is -2.73. The smallest absolute Gasteiger partial charge is 0.176 e. The Bertz CT molecular complexity index is 768. The molecule has 3 rings (SSSR count). The first-order chi connectivity index (χ1) is 13.1. The number of ether oxygens (including phenoxy) is 3. The molecule has 0 amide bonds. The molecule has 1 saturated heterocycles. The van der Waals surface area contributed by atoms with E-state index >= 15 is 0 Å². The molecule has 0 atom stereocenters. The number of anilines is 1. The average molecular weight is 370 g/mol. The summed E-state index contributed by atoms with van der Waals surface area (Å²) in [6.07, 6.45) is 0. The van der Waals surface area contributed by atoms with Crippen molar-refractivity contribution in [3.8, 4) is 17.2 Å². The van der Waals surface area contributed by atoms with Crippen LogP contribution < -0.4 is 19.1 Å². The molecule has 1 aliphatic rings. The molecule has 2 aromatic rings. The number of Topliss-reactive ketones (excluding diaryl/α,β-unsaturated/α-hetero) is 1. The second-order valence-electron chi connectivity index (χ2n) is 6.45. The standard InChI is InChI=1S/C21H26N2O4/c1-25-18-7-5-17(6-8-18)23-12-10-22(11-13-23)15-19(24)16-4-9-20(26-2)21(14-16)27-3/h4-9,14H,10-13,15H2,1-3H3. The van der Waals surface area contributed by atoms with Crippen molar-refractivity contribution in [1.29, 1.82) is 0 Å². The topological polar surface area (TPSA) is 51.2 Å². The number of hydrogen-bond donors (Lipinski definition) is 0. The van der Waals surface area contributed by atoms with Gasteiger partial charge in [0.05, 0.1) is 27.9 Å². The summed E-state index contributed by atoms with van der Waals surface area (Å²) >= 11 is 0. The van der Waals surface area contributed by atoms with Crippen LogP contribution in [0.25, 0.3) is 0 Å². The van der Waals surface area contributed by atoms with Crippen LogP contribution in [0.3, 0.4) is 0 Å². The lowest BCUT2D eigenvalue weighted by Crippen LogP contribution is -2.48. The van der Waals surface area contributed by atoms with E-state index in [1.807, 2.05) is 12.1 Å². The molecule has 27 heavy (non-hydrogen) atoms. The molecule has 0 radical (unpaired) electrons. The van der Waals surface area contributed by atoms with Gasteiger partial charge in [0.15, 0.2) is 17.3 Å². The Morgan fingerprint density at radius 3 is 2.11 bits per heavy atom. The van der Waals surface area contributed by atoms with Crippen LogP contribution in [-0.4, -0.2) is 64.7 Å². The predicted octanol–water partition coefficient (Wildman–Crippen LogP) is 2.72. The molecule has 144 valence electrons. The Morgan fingerprint density at radius 1 is 0.852 bits per heavy atom. The summed E-state index contributed by atoms with van der Waals surface area (Å²) in [6.45, 7) is 3.90. The zero-order valence-electron chi connectivity index (χ0n) is 16.1. The van der Waals surface area contributed by atoms with Crippen LogP contribution in [0.15, 0.2) is 42.5 Å². The maximum atomic E-state index is 12.6. The number of benzene rings is 2. The van der Waals surface area contributed by atoms with E-state index in [4.69, 9.17) is 14.2 Å². The van der Waals surface area contributed by atoms with E-state index in [9.17, 15) is 4.79 Å². The summed E-state index contributed by atoms with van der Waals surface area (Å²) in [7, 11) is 4.83. The first-order valence-corrected chi connectivity index (χ1v) is 9.01. The number of methoxy groups -OCH3 is 3. The zero-order valence-corrected chi connectivity index (χ0v) is 16.1. The maximum absolute atomic E-state index is 12.6. The lowest BCUT2D eigenvalue weighted by molar-refractivity contribution is 0.0926. The van der Waals surface area contributed by atoms with E-state index in [2.05, 4.69) is 21.9 Å². The fourth-order valence-electron chi connectivity index (χ4n) is 3.26. The quantitative estimate of drug-likeness (QED) is 0.699. The van der Waals surface area contributed by atoms with Crippen LogP contribution in [0, 0.1) is 0 Å². The highest BCUT2D eigenvalue weighted by atomic mass is 16.5. The third-order valence-electron chi connectivity index (χ3n) is 4.88. The van der Waals surface area contributed by atoms with Crippen molar-refractivity contribution in [3.63, 3.8) is 0 Å². The second-order valence-corrected chi connectivity index (χ2v) is 6.45. The number of hydrogen-bond acceptors (Lipinski definition) is 6. The molecule has 6 nitrogen and oxygen atoms in total. The van der Waals surface area contributed by atoms with E-state index in [1.165, 1.54) is 5.69 Å². The average Bonchev–Trinajstić information content (AvgIpc) is 2.73. The normalized spacial score (nSPS) is 14.7. The van der Waals surface area contributed by atoms with Gasteiger partial charge in [-0.05, 0) is 42.5 Å². The summed E-state index contributed by atoms with van der Waals surface area (Å²) < 4.78 is 15.7. The molecule has 0 aliphatic carbocycles. The highest BCUT2D eigenvalue weighted by Gasteiger charge is 2.20. The summed E-state index contributed by atoms with van der Waals surface area (Å²) in [4.78, 5) is 17.2. The van der Waals surface area contributed by atoms with Gasteiger partial charge in [0.25, 0.3) is 0 Å². The molecule has 2 aromatic carbocycles. The third kappa shape index (κ3) is 4.52. The van der Waals surface area contributed by atoms with E-state index in [0.29, 0.717) is 23.6 Å². The SMILES string of the molecule is COc1ccc(N2CCN(CC(=O)c3ccc(OC)c(OC)c3)CC2)cc1. The molecule has 1 heterocycles. The van der Waals surface area contributed by atoms with Gasteiger partial charge in [0.1, 0.15) is 5.75 Å². The van der Waals surface area contributed by atoms with E-state index in [1.54, 1.807) is 39.5 Å². The minimum atomic E-state index is 0.0915. The Morgan fingerprint density at radius 2 is 1.52 bits per heavy atom. The lowest BCUT2D eigenvalue weighted by atomic mass is 10.1. The largest absolute Gasteiger partial charge is 0.497 e. The number of nitrogens with zero attached hydrogens (tertiary/aromatic N) is 2. The Balaban J connectivity index is 1.56. The third-order valence-corrected chi connectivity index (χ3v) is 4.88. The van der Waals surface area contributed by atoms with Crippen molar-refractivity contribution in [1.82, 2.24) is 4.90 Å². The highest BCUT2D eigenvalue weighted by molar-refractivity contribution is 5.98. The van der Waals surface area contributed by atoms with Gasteiger partial charge in [0, 0.05) is 37.4 Å². The van der Waals surface area contributed by atoms with Gasteiger partial charge in [-0.1, -0.05) is 0 Å². The van der Waals surface area contributed by atoms with Crippen molar-refractivity contribution in [3.05, 3.63) is 48.0 Å². The van der Waals surface area contributed by atoms with Gasteiger partial charge in [-0.15, -0.1) is 0 Å². The number of ketones is 1. The maximum Gasteiger partial charge on any atom is 0.176 e. The Labute approximate surface area is 160 Å². The minimum absolute atomic E-state index is 0.0915. The summed E-state index contributed by atoms with van der Waals surface area (Å²) in [5.74, 6) is 2.15. The van der Waals surface area contributed by atoms with Gasteiger partial charge < -0.3 is 19.1 Å². The van der Waals surface area contributed by atoms with Crippen LogP contribution in [0.4, 0.5) is 5.69 Å². The number of rotatable bonds is 7. The molecule has 0 bridgehead atoms. The van der Waals surface area contributed by atoms with Crippen LogP contribution in [0.5, 0.6) is 17.2 Å². The molecule has 0 aromatic heterocycles. The molecular formula is C21H26N2O4. The molecular weight excluding hydrogens is 344 g/mol. The van der Waals surface area contributed by atoms with E-state index < -0.39 is 0 Å². The van der Waals surface area contributed by atoms with E-state index in [0.717, 1.165) is 31.9 Å². The van der Waals surface area contributed by atoms with Gasteiger partial charge in [0.2, 0.25) is 0 Å². The molecule has 1 fully saturated rings. The Kier molecular flexibility index (Phi) is 6.19. The van der Waals surface area contributed by atoms with Crippen LogP contribution in [0.2, 0.25) is 0 Å². The molecule has 0 unspecified atom stereocenters. The molecule has 0 N–H and O–H groups in total.